The zero-order valence-corrected chi connectivity index (χ0v) is 9.08. The molecule has 0 radical (unpaired) electrons. The van der Waals surface area contributed by atoms with Crippen molar-refractivity contribution in [1.29, 1.82) is 0 Å². The molecule has 5 atom stereocenters. The second-order valence-electron chi connectivity index (χ2n) is 3.95. The first-order valence-corrected chi connectivity index (χ1v) is 5.07. The van der Waals surface area contributed by atoms with Gasteiger partial charge in [0.1, 0.15) is 30.5 Å². The van der Waals surface area contributed by atoms with E-state index in [1.807, 2.05) is 0 Å². The van der Waals surface area contributed by atoms with Crippen LogP contribution in [0.15, 0.2) is 0 Å². The van der Waals surface area contributed by atoms with Crippen LogP contribution in [0.4, 0.5) is 0 Å². The molecule has 0 amide bonds. The molecule has 5 unspecified atom stereocenters. The van der Waals surface area contributed by atoms with Gasteiger partial charge in [0.25, 0.3) is 0 Å². The molecule has 0 bridgehead atoms. The van der Waals surface area contributed by atoms with Crippen LogP contribution in [0.3, 0.4) is 0 Å². The maximum atomic E-state index is 10.8. The van der Waals surface area contributed by atoms with Crippen LogP contribution in [0.25, 0.3) is 0 Å². The standard InChI is InChI=1S/C9H14O9/c10-1-2-4(11)5(12)6(13)7(18-2)3(8(14)15)9(16)17/h2-7,10-13H,1H2,(H,14,15)(H,16,17). The number of aliphatic carboxylic acids is 2. The molecule has 0 aliphatic carbocycles. The Morgan fingerprint density at radius 2 is 1.50 bits per heavy atom. The molecule has 1 heterocycles. The molecule has 18 heavy (non-hydrogen) atoms. The van der Waals surface area contributed by atoms with Gasteiger partial charge in [-0.3, -0.25) is 9.59 Å². The Hall–Kier alpha value is -1.26. The fraction of sp³-hybridized carbons (Fsp3) is 0.778. The van der Waals surface area contributed by atoms with E-state index in [4.69, 9.17) is 20.1 Å². The lowest BCUT2D eigenvalue weighted by Crippen LogP contribution is -2.62. The highest BCUT2D eigenvalue weighted by Crippen LogP contribution is 2.26. The van der Waals surface area contributed by atoms with E-state index in [2.05, 4.69) is 0 Å². The largest absolute Gasteiger partial charge is 0.481 e. The summed E-state index contributed by atoms with van der Waals surface area (Å²) in [6.07, 6.45) is -8.46. The molecule has 1 saturated heterocycles. The van der Waals surface area contributed by atoms with E-state index >= 15 is 0 Å². The number of hydrogen-bond donors (Lipinski definition) is 6. The first kappa shape index (κ1) is 14.8. The maximum absolute atomic E-state index is 10.8. The molecule has 1 aliphatic heterocycles. The third-order valence-electron chi connectivity index (χ3n) is 2.79. The van der Waals surface area contributed by atoms with Crippen LogP contribution >= 0.6 is 0 Å². The average molecular weight is 266 g/mol. The number of carboxylic acid groups (broad SMARTS) is 2. The van der Waals surface area contributed by atoms with E-state index in [9.17, 15) is 24.9 Å². The lowest BCUT2D eigenvalue weighted by Gasteiger charge is -2.41. The number of aliphatic hydroxyl groups excluding tert-OH is 4. The van der Waals surface area contributed by atoms with Crippen molar-refractivity contribution in [2.45, 2.75) is 30.5 Å². The van der Waals surface area contributed by atoms with Crippen LogP contribution in [-0.2, 0) is 14.3 Å². The SMILES string of the molecule is O=C(O)C(C(=O)O)C1OC(CO)C(O)C(O)C1O. The molecule has 104 valence electrons. The zero-order valence-electron chi connectivity index (χ0n) is 9.08. The van der Waals surface area contributed by atoms with E-state index < -0.39 is 55.0 Å². The van der Waals surface area contributed by atoms with Crippen LogP contribution in [0.2, 0.25) is 0 Å². The Balaban J connectivity index is 2.99. The molecular formula is C9H14O9. The van der Waals surface area contributed by atoms with Gasteiger partial charge in [0, 0.05) is 0 Å². The van der Waals surface area contributed by atoms with Crippen LogP contribution in [0.5, 0.6) is 0 Å². The summed E-state index contributed by atoms with van der Waals surface area (Å²) in [5, 5.41) is 54.8. The van der Waals surface area contributed by atoms with Crippen molar-refractivity contribution in [3.05, 3.63) is 0 Å². The van der Waals surface area contributed by atoms with Gasteiger partial charge in [0.2, 0.25) is 0 Å². The van der Waals surface area contributed by atoms with Crippen molar-refractivity contribution in [2.75, 3.05) is 6.61 Å². The van der Waals surface area contributed by atoms with Gasteiger partial charge in [-0.15, -0.1) is 0 Å². The molecule has 0 aromatic rings. The third-order valence-corrected chi connectivity index (χ3v) is 2.79. The molecular weight excluding hydrogens is 252 g/mol. The Bertz CT molecular complexity index is 314. The fourth-order valence-electron chi connectivity index (χ4n) is 1.79. The van der Waals surface area contributed by atoms with Crippen LogP contribution in [-0.4, -0.2) is 79.7 Å². The Kier molecular flexibility index (Phi) is 4.59. The molecule has 1 rings (SSSR count). The summed E-state index contributed by atoms with van der Waals surface area (Å²) >= 11 is 0. The van der Waals surface area contributed by atoms with Gasteiger partial charge in [0.15, 0.2) is 5.92 Å². The quantitative estimate of drug-likeness (QED) is 0.284. The number of carboxylic acids is 2. The van der Waals surface area contributed by atoms with Crippen LogP contribution in [0.1, 0.15) is 0 Å². The molecule has 6 N–H and O–H groups in total. The van der Waals surface area contributed by atoms with Gasteiger partial charge < -0.3 is 35.4 Å². The molecule has 9 heteroatoms. The van der Waals surface area contributed by atoms with E-state index in [1.165, 1.54) is 0 Å². The average Bonchev–Trinajstić information content (AvgIpc) is 2.28. The van der Waals surface area contributed by atoms with Crippen molar-refractivity contribution >= 4 is 11.9 Å². The Morgan fingerprint density at radius 3 is 1.89 bits per heavy atom. The molecule has 1 aliphatic rings. The van der Waals surface area contributed by atoms with E-state index in [-0.39, 0.29) is 0 Å². The summed E-state index contributed by atoms with van der Waals surface area (Å²) in [5.41, 5.74) is 0. The van der Waals surface area contributed by atoms with Gasteiger partial charge in [-0.2, -0.15) is 0 Å². The van der Waals surface area contributed by atoms with Gasteiger partial charge in [0.05, 0.1) is 6.61 Å². The summed E-state index contributed by atoms with van der Waals surface area (Å²) in [6, 6.07) is 0. The van der Waals surface area contributed by atoms with Crippen molar-refractivity contribution in [1.82, 2.24) is 0 Å². The highest BCUT2D eigenvalue weighted by molar-refractivity contribution is 5.93. The summed E-state index contributed by atoms with van der Waals surface area (Å²) in [5.74, 6) is -5.63. The van der Waals surface area contributed by atoms with Crippen LogP contribution < -0.4 is 0 Å². The second-order valence-corrected chi connectivity index (χ2v) is 3.95. The van der Waals surface area contributed by atoms with Crippen molar-refractivity contribution in [3.63, 3.8) is 0 Å². The van der Waals surface area contributed by atoms with E-state index in [0.717, 1.165) is 0 Å². The Morgan fingerprint density at radius 1 is 1.00 bits per heavy atom. The zero-order chi connectivity index (χ0) is 14.0. The van der Waals surface area contributed by atoms with E-state index in [1.54, 1.807) is 0 Å². The summed E-state index contributed by atoms with van der Waals surface area (Å²) < 4.78 is 4.84. The lowest BCUT2D eigenvalue weighted by atomic mass is 9.88. The molecule has 1 fully saturated rings. The van der Waals surface area contributed by atoms with Gasteiger partial charge in [-0.05, 0) is 0 Å². The minimum Gasteiger partial charge on any atom is -0.481 e. The van der Waals surface area contributed by atoms with Gasteiger partial charge >= 0.3 is 11.9 Å². The predicted octanol–water partition coefficient (Wildman–Crippen LogP) is -3.39. The van der Waals surface area contributed by atoms with Crippen molar-refractivity contribution in [2.24, 2.45) is 5.92 Å². The maximum Gasteiger partial charge on any atom is 0.320 e. The first-order chi connectivity index (χ1) is 8.31. The number of rotatable bonds is 4. The molecule has 0 spiro atoms. The van der Waals surface area contributed by atoms with E-state index in [0.29, 0.717) is 0 Å². The third kappa shape index (κ3) is 2.60. The normalized spacial score (nSPS) is 36.6. The first-order valence-electron chi connectivity index (χ1n) is 5.07. The van der Waals surface area contributed by atoms with Crippen molar-refractivity contribution < 1.29 is 45.0 Å². The van der Waals surface area contributed by atoms with Gasteiger partial charge in [-0.1, -0.05) is 0 Å². The van der Waals surface area contributed by atoms with Gasteiger partial charge in [-0.25, -0.2) is 0 Å². The molecule has 0 aromatic heterocycles. The number of ether oxygens (including phenoxy) is 1. The molecule has 0 aromatic carbocycles. The monoisotopic (exact) mass is 266 g/mol. The van der Waals surface area contributed by atoms with Crippen molar-refractivity contribution in [3.8, 4) is 0 Å². The smallest absolute Gasteiger partial charge is 0.320 e. The minimum absolute atomic E-state index is 0.757. The summed E-state index contributed by atoms with van der Waals surface area (Å²) in [6.45, 7) is -0.757. The topological polar surface area (TPSA) is 165 Å². The summed E-state index contributed by atoms with van der Waals surface area (Å²) in [7, 11) is 0. The highest BCUT2D eigenvalue weighted by atomic mass is 16.5. The molecule has 0 saturated carbocycles. The fourth-order valence-corrected chi connectivity index (χ4v) is 1.79. The lowest BCUT2D eigenvalue weighted by molar-refractivity contribution is -0.242. The van der Waals surface area contributed by atoms with Crippen LogP contribution in [0, 0.1) is 5.92 Å². The number of aliphatic hydroxyl groups is 4. The Labute approximate surface area is 101 Å². The summed E-state index contributed by atoms with van der Waals surface area (Å²) in [4.78, 5) is 21.6. The highest BCUT2D eigenvalue weighted by Gasteiger charge is 2.50. The molecule has 9 nitrogen and oxygen atoms in total. The second kappa shape index (κ2) is 5.59. The predicted molar refractivity (Wildman–Crippen MR) is 52.5 cm³/mol. The number of hydrogen-bond acceptors (Lipinski definition) is 7. The minimum atomic E-state index is -2.11. The number of carbonyl (C=O) groups is 2.